The van der Waals surface area contributed by atoms with Gasteiger partial charge in [0.05, 0.1) is 0 Å². The Morgan fingerprint density at radius 2 is 1.85 bits per heavy atom. The van der Waals surface area contributed by atoms with Crippen LogP contribution in [0.3, 0.4) is 0 Å². The van der Waals surface area contributed by atoms with E-state index in [9.17, 15) is 0 Å². The van der Waals surface area contributed by atoms with Crippen molar-refractivity contribution in [2.45, 2.75) is 31.3 Å². The summed E-state index contributed by atoms with van der Waals surface area (Å²) in [6.07, 6.45) is 4.19. The Bertz CT molecular complexity index is 158. The minimum absolute atomic E-state index is 0.805. The first-order valence-electron chi connectivity index (χ1n) is 5.45. The van der Waals surface area contributed by atoms with Crippen LogP contribution >= 0.6 is 0 Å². The van der Waals surface area contributed by atoms with E-state index in [1.165, 1.54) is 32.4 Å². The normalized spacial score (nSPS) is 36.5. The lowest BCUT2D eigenvalue weighted by molar-refractivity contribution is 0.0115. The molecule has 76 valence electrons. The zero-order valence-electron chi connectivity index (χ0n) is 8.58. The molecule has 2 bridgehead atoms. The highest BCUT2D eigenvalue weighted by molar-refractivity contribution is 4.91. The molecule has 3 nitrogen and oxygen atoms in total. The van der Waals surface area contributed by atoms with E-state index in [0.717, 1.165) is 25.2 Å². The van der Waals surface area contributed by atoms with Gasteiger partial charge in [0.15, 0.2) is 0 Å². The second kappa shape index (κ2) is 3.95. The average molecular weight is 183 g/mol. The van der Waals surface area contributed by atoms with E-state index in [-0.39, 0.29) is 0 Å². The molecule has 2 atom stereocenters. The molecule has 0 aromatic carbocycles. The molecule has 2 rings (SSSR count). The molecule has 2 aliphatic rings. The fourth-order valence-corrected chi connectivity index (χ4v) is 2.77. The lowest BCUT2D eigenvalue weighted by atomic mass is 9.92. The molecule has 2 aliphatic heterocycles. The van der Waals surface area contributed by atoms with Crippen LogP contribution in [0.15, 0.2) is 0 Å². The van der Waals surface area contributed by atoms with E-state index in [2.05, 4.69) is 16.8 Å². The summed E-state index contributed by atoms with van der Waals surface area (Å²) in [6.45, 7) is 4.37. The van der Waals surface area contributed by atoms with Crippen LogP contribution in [0.25, 0.3) is 0 Å². The molecule has 0 aliphatic carbocycles. The Morgan fingerprint density at radius 1 is 1.23 bits per heavy atom. The van der Waals surface area contributed by atoms with Crippen molar-refractivity contribution in [2.24, 2.45) is 5.73 Å². The van der Waals surface area contributed by atoms with Gasteiger partial charge >= 0.3 is 0 Å². The summed E-state index contributed by atoms with van der Waals surface area (Å²) in [7, 11) is 2.29. The molecule has 0 radical (unpaired) electrons. The Morgan fingerprint density at radius 3 is 2.38 bits per heavy atom. The summed E-state index contributed by atoms with van der Waals surface area (Å²) >= 11 is 0. The molecule has 2 N–H and O–H groups in total. The number of likely N-dealkylation sites (tertiary alicyclic amines) is 1. The van der Waals surface area contributed by atoms with E-state index in [1.807, 2.05) is 0 Å². The number of piperazine rings is 1. The standard InChI is InChI=1S/C10H21N3/c1-12-9-3-2-4-10(12)8-13(7-9)6-5-11/h9-10H,2-8,11H2,1H3. The largest absolute Gasteiger partial charge is 0.329 e. The Hall–Kier alpha value is -0.120. The number of hydrogen-bond acceptors (Lipinski definition) is 3. The Kier molecular flexibility index (Phi) is 2.86. The predicted octanol–water partition coefficient (Wildman–Crippen LogP) is 0.114. The van der Waals surface area contributed by atoms with Gasteiger partial charge in [0.2, 0.25) is 0 Å². The number of hydrogen-bond donors (Lipinski definition) is 1. The van der Waals surface area contributed by atoms with E-state index in [1.54, 1.807) is 0 Å². The molecule has 0 aromatic heterocycles. The SMILES string of the molecule is CN1C2CCCC1CN(CCN)C2. The monoisotopic (exact) mass is 183 g/mol. The molecule has 0 amide bonds. The van der Waals surface area contributed by atoms with E-state index in [4.69, 9.17) is 5.73 Å². The van der Waals surface area contributed by atoms with Crippen LogP contribution in [0.4, 0.5) is 0 Å². The number of fused-ring (bicyclic) bond motifs is 2. The first-order chi connectivity index (χ1) is 6.31. The number of likely N-dealkylation sites (N-methyl/N-ethyl adjacent to an activating group) is 1. The summed E-state index contributed by atoms with van der Waals surface area (Å²) in [5.41, 5.74) is 5.59. The van der Waals surface area contributed by atoms with Crippen molar-refractivity contribution < 1.29 is 0 Å². The molecule has 2 unspecified atom stereocenters. The molecular weight excluding hydrogens is 162 g/mol. The van der Waals surface area contributed by atoms with Crippen molar-refractivity contribution in [3.05, 3.63) is 0 Å². The molecule has 3 heteroatoms. The summed E-state index contributed by atoms with van der Waals surface area (Å²) < 4.78 is 0. The van der Waals surface area contributed by atoms with Crippen LogP contribution in [0, 0.1) is 0 Å². The van der Waals surface area contributed by atoms with Gasteiger partial charge < -0.3 is 5.73 Å². The smallest absolute Gasteiger partial charge is 0.0223 e. The van der Waals surface area contributed by atoms with Crippen LogP contribution in [0.5, 0.6) is 0 Å². The second-order valence-corrected chi connectivity index (χ2v) is 4.45. The van der Waals surface area contributed by atoms with Gasteiger partial charge in [0, 0.05) is 38.3 Å². The summed E-state index contributed by atoms with van der Waals surface area (Å²) in [4.78, 5) is 5.12. The summed E-state index contributed by atoms with van der Waals surface area (Å²) in [5.74, 6) is 0. The van der Waals surface area contributed by atoms with E-state index >= 15 is 0 Å². The molecule has 0 aromatic rings. The van der Waals surface area contributed by atoms with Gasteiger partial charge in [-0.05, 0) is 19.9 Å². The maximum Gasteiger partial charge on any atom is 0.0223 e. The maximum atomic E-state index is 5.59. The van der Waals surface area contributed by atoms with Gasteiger partial charge in [0.1, 0.15) is 0 Å². The second-order valence-electron chi connectivity index (χ2n) is 4.45. The maximum absolute atomic E-state index is 5.59. The number of rotatable bonds is 2. The predicted molar refractivity (Wildman–Crippen MR) is 54.7 cm³/mol. The first kappa shape index (κ1) is 9.44. The van der Waals surface area contributed by atoms with E-state index < -0.39 is 0 Å². The van der Waals surface area contributed by atoms with E-state index in [0.29, 0.717) is 0 Å². The zero-order valence-corrected chi connectivity index (χ0v) is 8.58. The fourth-order valence-electron chi connectivity index (χ4n) is 2.77. The number of nitrogens with two attached hydrogens (primary N) is 1. The lowest BCUT2D eigenvalue weighted by Crippen LogP contribution is -2.59. The molecule has 13 heavy (non-hydrogen) atoms. The van der Waals surface area contributed by atoms with Crippen LogP contribution in [0.1, 0.15) is 19.3 Å². The first-order valence-corrected chi connectivity index (χ1v) is 5.45. The van der Waals surface area contributed by atoms with Gasteiger partial charge in [-0.2, -0.15) is 0 Å². The van der Waals surface area contributed by atoms with Gasteiger partial charge in [-0.25, -0.2) is 0 Å². The van der Waals surface area contributed by atoms with Crippen molar-refractivity contribution >= 4 is 0 Å². The van der Waals surface area contributed by atoms with Crippen LogP contribution in [0.2, 0.25) is 0 Å². The Labute approximate surface area is 80.9 Å². The third-order valence-corrected chi connectivity index (χ3v) is 3.61. The van der Waals surface area contributed by atoms with Crippen molar-refractivity contribution in [3.8, 4) is 0 Å². The zero-order chi connectivity index (χ0) is 9.26. The molecule has 2 fully saturated rings. The molecule has 2 saturated heterocycles. The highest BCUT2D eigenvalue weighted by Crippen LogP contribution is 2.26. The average Bonchev–Trinajstić information content (AvgIpc) is 2.07. The van der Waals surface area contributed by atoms with Crippen LogP contribution in [-0.4, -0.2) is 55.1 Å². The van der Waals surface area contributed by atoms with Crippen molar-refractivity contribution in [1.29, 1.82) is 0 Å². The highest BCUT2D eigenvalue weighted by Gasteiger charge is 2.34. The number of nitrogens with zero attached hydrogens (tertiary/aromatic N) is 2. The lowest BCUT2D eigenvalue weighted by Gasteiger charge is -2.48. The van der Waals surface area contributed by atoms with Gasteiger partial charge in [-0.3, -0.25) is 9.80 Å². The fraction of sp³-hybridized carbons (Fsp3) is 1.00. The molecule has 0 saturated carbocycles. The third-order valence-electron chi connectivity index (χ3n) is 3.61. The highest BCUT2D eigenvalue weighted by atomic mass is 15.3. The van der Waals surface area contributed by atoms with Crippen molar-refractivity contribution in [3.63, 3.8) is 0 Å². The van der Waals surface area contributed by atoms with Crippen molar-refractivity contribution in [1.82, 2.24) is 9.80 Å². The van der Waals surface area contributed by atoms with Crippen LogP contribution < -0.4 is 5.73 Å². The van der Waals surface area contributed by atoms with Crippen molar-refractivity contribution in [2.75, 3.05) is 33.2 Å². The quantitative estimate of drug-likeness (QED) is 0.660. The third kappa shape index (κ3) is 1.87. The molecular formula is C10H21N3. The summed E-state index contributed by atoms with van der Waals surface area (Å²) in [6, 6.07) is 1.61. The summed E-state index contributed by atoms with van der Waals surface area (Å²) in [5, 5.41) is 0. The minimum Gasteiger partial charge on any atom is -0.329 e. The molecule has 2 heterocycles. The van der Waals surface area contributed by atoms with Gasteiger partial charge in [-0.1, -0.05) is 6.42 Å². The van der Waals surface area contributed by atoms with Gasteiger partial charge in [-0.15, -0.1) is 0 Å². The molecule has 0 spiro atoms. The minimum atomic E-state index is 0.805. The Balaban J connectivity index is 1.95. The van der Waals surface area contributed by atoms with Crippen LogP contribution in [-0.2, 0) is 0 Å². The number of piperidine rings is 1. The van der Waals surface area contributed by atoms with Gasteiger partial charge in [0.25, 0.3) is 0 Å². The topological polar surface area (TPSA) is 32.5 Å².